The number of rotatable bonds is 5. The van der Waals surface area contributed by atoms with E-state index in [-0.39, 0.29) is 12.5 Å². The predicted octanol–water partition coefficient (Wildman–Crippen LogP) is 5.48. The SMILES string of the molecule is Cc1cc(OCC(=O)NN=Cc2c3ccccc3cc3ccccc23)ccc1Cl. The third-order valence-electron chi connectivity index (χ3n) is 4.70. The summed E-state index contributed by atoms with van der Waals surface area (Å²) in [6, 6.07) is 23.7. The first kappa shape index (κ1) is 19.0. The minimum absolute atomic E-state index is 0.130. The molecule has 0 aliphatic heterocycles. The van der Waals surface area contributed by atoms with Crippen molar-refractivity contribution in [3.05, 3.63) is 88.9 Å². The number of nitrogens with one attached hydrogen (secondary N) is 1. The Morgan fingerprint density at radius 3 is 2.31 bits per heavy atom. The average molecular weight is 403 g/mol. The van der Waals surface area contributed by atoms with E-state index in [1.54, 1.807) is 24.4 Å². The number of carbonyl (C=O) groups excluding carboxylic acids is 1. The van der Waals surface area contributed by atoms with Crippen LogP contribution in [0.2, 0.25) is 5.02 Å². The van der Waals surface area contributed by atoms with Crippen LogP contribution in [0.3, 0.4) is 0 Å². The molecule has 5 heteroatoms. The Kier molecular flexibility index (Phi) is 5.45. The van der Waals surface area contributed by atoms with Crippen LogP contribution < -0.4 is 10.2 Å². The van der Waals surface area contributed by atoms with Gasteiger partial charge in [0.15, 0.2) is 6.61 Å². The summed E-state index contributed by atoms with van der Waals surface area (Å²) >= 11 is 6.00. The van der Waals surface area contributed by atoms with E-state index in [1.807, 2.05) is 31.2 Å². The first-order valence-corrected chi connectivity index (χ1v) is 9.61. The molecule has 0 spiro atoms. The van der Waals surface area contributed by atoms with E-state index in [9.17, 15) is 4.79 Å². The Hall–Kier alpha value is -3.37. The molecule has 4 aromatic rings. The molecule has 0 atom stereocenters. The zero-order chi connectivity index (χ0) is 20.2. The van der Waals surface area contributed by atoms with E-state index in [2.05, 4.69) is 40.9 Å². The molecule has 0 heterocycles. The Morgan fingerprint density at radius 1 is 1.00 bits per heavy atom. The molecule has 0 saturated heterocycles. The maximum absolute atomic E-state index is 12.1. The van der Waals surface area contributed by atoms with Crippen molar-refractivity contribution in [2.75, 3.05) is 6.61 Å². The van der Waals surface area contributed by atoms with E-state index in [0.29, 0.717) is 10.8 Å². The van der Waals surface area contributed by atoms with Gasteiger partial charge in [-0.1, -0.05) is 60.1 Å². The minimum atomic E-state index is -0.335. The van der Waals surface area contributed by atoms with E-state index >= 15 is 0 Å². The zero-order valence-electron chi connectivity index (χ0n) is 15.9. The number of hydrogen-bond donors (Lipinski definition) is 1. The fourth-order valence-electron chi connectivity index (χ4n) is 3.24. The topological polar surface area (TPSA) is 50.7 Å². The molecule has 4 aromatic carbocycles. The van der Waals surface area contributed by atoms with Crippen LogP contribution in [0, 0.1) is 6.92 Å². The van der Waals surface area contributed by atoms with Crippen molar-refractivity contribution in [1.82, 2.24) is 5.43 Å². The highest BCUT2D eigenvalue weighted by atomic mass is 35.5. The number of aryl methyl sites for hydroxylation is 1. The number of fused-ring (bicyclic) bond motifs is 2. The van der Waals surface area contributed by atoms with E-state index in [4.69, 9.17) is 16.3 Å². The monoisotopic (exact) mass is 402 g/mol. The molecule has 1 N–H and O–H groups in total. The molecule has 0 unspecified atom stereocenters. The molecule has 144 valence electrons. The molecule has 0 bridgehead atoms. The number of amides is 1. The lowest BCUT2D eigenvalue weighted by Crippen LogP contribution is -2.24. The van der Waals surface area contributed by atoms with Gasteiger partial charge in [0.05, 0.1) is 6.21 Å². The maximum atomic E-state index is 12.1. The molecule has 4 nitrogen and oxygen atoms in total. The van der Waals surface area contributed by atoms with Gasteiger partial charge in [0, 0.05) is 10.6 Å². The van der Waals surface area contributed by atoms with Gasteiger partial charge in [0.1, 0.15) is 5.75 Å². The molecule has 29 heavy (non-hydrogen) atoms. The van der Waals surface area contributed by atoms with Gasteiger partial charge < -0.3 is 4.74 Å². The van der Waals surface area contributed by atoms with Crippen LogP contribution in [-0.4, -0.2) is 18.7 Å². The molecule has 1 amide bonds. The van der Waals surface area contributed by atoms with Crippen molar-refractivity contribution in [2.24, 2.45) is 5.10 Å². The van der Waals surface area contributed by atoms with Crippen LogP contribution >= 0.6 is 11.6 Å². The predicted molar refractivity (Wildman–Crippen MR) is 119 cm³/mol. The summed E-state index contributed by atoms with van der Waals surface area (Å²) in [5.41, 5.74) is 4.40. The maximum Gasteiger partial charge on any atom is 0.277 e. The average Bonchev–Trinajstić information content (AvgIpc) is 2.74. The molecule has 0 aliphatic carbocycles. The molecule has 0 aromatic heterocycles. The summed E-state index contributed by atoms with van der Waals surface area (Å²) in [4.78, 5) is 12.1. The highest BCUT2D eigenvalue weighted by Gasteiger charge is 2.06. The molecule has 0 aliphatic rings. The zero-order valence-corrected chi connectivity index (χ0v) is 16.6. The first-order valence-electron chi connectivity index (χ1n) is 9.23. The molecule has 4 rings (SSSR count). The van der Waals surface area contributed by atoms with Crippen LogP contribution in [0.15, 0.2) is 77.9 Å². The quantitative estimate of drug-likeness (QED) is 0.273. The second kappa shape index (κ2) is 8.33. The third-order valence-corrected chi connectivity index (χ3v) is 5.12. The Bertz CT molecular complexity index is 1180. The summed E-state index contributed by atoms with van der Waals surface area (Å²) in [5, 5.41) is 9.23. The Labute approximate surface area is 173 Å². The largest absolute Gasteiger partial charge is 0.484 e. The lowest BCUT2D eigenvalue weighted by Gasteiger charge is -2.08. The van der Waals surface area contributed by atoms with Gasteiger partial charge in [0.25, 0.3) is 5.91 Å². The normalized spacial score (nSPS) is 11.2. The summed E-state index contributed by atoms with van der Waals surface area (Å²) in [6.07, 6.45) is 1.69. The van der Waals surface area contributed by atoms with Crippen molar-refractivity contribution in [2.45, 2.75) is 6.92 Å². The van der Waals surface area contributed by atoms with Gasteiger partial charge in [-0.15, -0.1) is 0 Å². The van der Waals surface area contributed by atoms with Crippen molar-refractivity contribution in [1.29, 1.82) is 0 Å². The molecule has 0 fully saturated rings. The number of halogens is 1. The van der Waals surface area contributed by atoms with E-state index < -0.39 is 0 Å². The lowest BCUT2D eigenvalue weighted by atomic mass is 9.97. The van der Waals surface area contributed by atoms with Gasteiger partial charge in [-0.25, -0.2) is 5.43 Å². The second-order valence-corrected chi connectivity index (χ2v) is 7.13. The Balaban J connectivity index is 1.50. The highest BCUT2D eigenvalue weighted by Crippen LogP contribution is 2.27. The van der Waals surface area contributed by atoms with E-state index in [1.165, 1.54) is 0 Å². The van der Waals surface area contributed by atoms with E-state index in [0.717, 1.165) is 32.7 Å². The van der Waals surface area contributed by atoms with Gasteiger partial charge in [-0.2, -0.15) is 5.10 Å². The number of nitrogens with zero attached hydrogens (tertiary/aromatic N) is 1. The number of carbonyl (C=O) groups is 1. The third kappa shape index (κ3) is 4.23. The van der Waals surface area contributed by atoms with Gasteiger partial charge in [0.2, 0.25) is 0 Å². The summed E-state index contributed by atoms with van der Waals surface area (Å²) in [7, 11) is 0. The lowest BCUT2D eigenvalue weighted by molar-refractivity contribution is -0.123. The number of hydrogen-bond acceptors (Lipinski definition) is 3. The van der Waals surface area contributed by atoms with Crippen molar-refractivity contribution in [3.8, 4) is 5.75 Å². The van der Waals surface area contributed by atoms with Crippen molar-refractivity contribution >= 4 is 45.3 Å². The van der Waals surface area contributed by atoms with Crippen molar-refractivity contribution < 1.29 is 9.53 Å². The highest BCUT2D eigenvalue weighted by molar-refractivity contribution is 6.31. The second-order valence-electron chi connectivity index (χ2n) is 6.73. The molecule has 0 saturated carbocycles. The van der Waals surface area contributed by atoms with Gasteiger partial charge >= 0.3 is 0 Å². The van der Waals surface area contributed by atoms with Crippen LogP contribution in [-0.2, 0) is 4.79 Å². The fraction of sp³-hybridized carbons (Fsp3) is 0.0833. The standard InChI is InChI=1S/C24H19ClN2O2/c1-16-12-19(10-11-23(16)25)29-15-24(28)27-26-14-22-20-8-4-2-6-17(20)13-18-7-3-5-9-21(18)22/h2-14H,15H2,1H3,(H,27,28). The van der Waals surface area contributed by atoms with Crippen molar-refractivity contribution in [3.63, 3.8) is 0 Å². The number of ether oxygens (including phenoxy) is 1. The van der Waals surface area contributed by atoms with Crippen LogP contribution in [0.25, 0.3) is 21.5 Å². The number of benzene rings is 4. The summed E-state index contributed by atoms with van der Waals surface area (Å²) in [6.45, 7) is 1.75. The Morgan fingerprint density at radius 2 is 1.66 bits per heavy atom. The molecule has 0 radical (unpaired) electrons. The first-order chi connectivity index (χ1) is 14.1. The van der Waals surface area contributed by atoms with Gasteiger partial charge in [-0.3, -0.25) is 4.79 Å². The smallest absolute Gasteiger partial charge is 0.277 e. The van der Waals surface area contributed by atoms with Gasteiger partial charge in [-0.05, 0) is 58.3 Å². The summed E-state index contributed by atoms with van der Waals surface area (Å²) in [5.74, 6) is 0.254. The van der Waals surface area contributed by atoms with Crippen LogP contribution in [0.1, 0.15) is 11.1 Å². The molecular weight excluding hydrogens is 384 g/mol. The fourth-order valence-corrected chi connectivity index (χ4v) is 3.36. The van der Waals surface area contributed by atoms with Crippen LogP contribution in [0.5, 0.6) is 5.75 Å². The number of hydrazone groups is 1. The minimum Gasteiger partial charge on any atom is -0.484 e. The summed E-state index contributed by atoms with van der Waals surface area (Å²) < 4.78 is 5.50. The van der Waals surface area contributed by atoms with Crippen LogP contribution in [0.4, 0.5) is 0 Å². The molecular formula is C24H19ClN2O2.